The highest BCUT2D eigenvalue weighted by atomic mass is 79.9. The molecule has 0 aliphatic rings. The number of alkyl halides is 1. The van der Waals surface area contributed by atoms with Gasteiger partial charge in [-0.1, -0.05) is 22.9 Å². The zero-order valence-electron chi connectivity index (χ0n) is 11.0. The summed E-state index contributed by atoms with van der Waals surface area (Å²) in [5.74, 6) is -0.866. The lowest BCUT2D eigenvalue weighted by molar-refractivity contribution is 0.378. The van der Waals surface area contributed by atoms with E-state index in [9.17, 15) is 12.8 Å². The first-order chi connectivity index (χ1) is 8.75. The lowest BCUT2D eigenvalue weighted by Crippen LogP contribution is -2.35. The van der Waals surface area contributed by atoms with E-state index < -0.39 is 15.8 Å². The Kier molecular flexibility index (Phi) is 5.79. The van der Waals surface area contributed by atoms with Crippen molar-refractivity contribution in [1.82, 2.24) is 4.31 Å². The van der Waals surface area contributed by atoms with Crippen molar-refractivity contribution in [2.24, 2.45) is 0 Å². The van der Waals surface area contributed by atoms with Gasteiger partial charge in [-0.2, -0.15) is 4.31 Å². The molecule has 19 heavy (non-hydrogen) atoms. The molecule has 0 bridgehead atoms. The third kappa shape index (κ3) is 3.48. The van der Waals surface area contributed by atoms with Crippen LogP contribution < -0.4 is 0 Å². The van der Waals surface area contributed by atoms with Crippen LogP contribution in [0.1, 0.15) is 25.8 Å². The standard InChI is InChI=1S/C12H16BrClFNO2S/c1-4-8(2)16(3)19(17,18)11-6-10(13)5-9(7-14)12(11)15/h5-6,8H,4,7H2,1-3H3. The van der Waals surface area contributed by atoms with Gasteiger partial charge in [0.15, 0.2) is 0 Å². The number of hydrogen-bond acceptors (Lipinski definition) is 2. The van der Waals surface area contributed by atoms with Gasteiger partial charge in [-0.05, 0) is 25.5 Å². The predicted molar refractivity (Wildman–Crippen MR) is 78.4 cm³/mol. The van der Waals surface area contributed by atoms with Gasteiger partial charge in [0.25, 0.3) is 0 Å². The van der Waals surface area contributed by atoms with Crippen LogP contribution in [0.25, 0.3) is 0 Å². The molecular formula is C12H16BrClFNO2S. The molecule has 0 amide bonds. The molecular weight excluding hydrogens is 357 g/mol. The summed E-state index contributed by atoms with van der Waals surface area (Å²) >= 11 is 8.80. The predicted octanol–water partition coefficient (Wildman–Crippen LogP) is 3.75. The van der Waals surface area contributed by atoms with E-state index in [0.717, 1.165) is 0 Å². The molecule has 1 aromatic carbocycles. The molecule has 0 fully saturated rings. The first-order valence-electron chi connectivity index (χ1n) is 5.77. The fraction of sp³-hybridized carbons (Fsp3) is 0.500. The Labute approximate surface area is 126 Å². The van der Waals surface area contributed by atoms with Crippen molar-refractivity contribution in [3.8, 4) is 0 Å². The van der Waals surface area contributed by atoms with Gasteiger partial charge in [0, 0.05) is 23.1 Å². The average molecular weight is 373 g/mol. The number of sulfonamides is 1. The van der Waals surface area contributed by atoms with Gasteiger partial charge in [-0.3, -0.25) is 0 Å². The topological polar surface area (TPSA) is 37.4 Å². The molecule has 108 valence electrons. The molecule has 0 spiro atoms. The monoisotopic (exact) mass is 371 g/mol. The maximum absolute atomic E-state index is 14.2. The van der Waals surface area contributed by atoms with Gasteiger partial charge >= 0.3 is 0 Å². The fourth-order valence-corrected chi connectivity index (χ4v) is 3.97. The third-order valence-corrected chi connectivity index (χ3v) is 5.81. The maximum atomic E-state index is 14.2. The first-order valence-corrected chi connectivity index (χ1v) is 8.54. The lowest BCUT2D eigenvalue weighted by atomic mass is 10.2. The summed E-state index contributed by atoms with van der Waals surface area (Å²) in [6.07, 6.45) is 0.647. The lowest BCUT2D eigenvalue weighted by Gasteiger charge is -2.23. The van der Waals surface area contributed by atoms with E-state index in [1.54, 1.807) is 6.92 Å². The van der Waals surface area contributed by atoms with E-state index in [1.165, 1.54) is 23.5 Å². The van der Waals surface area contributed by atoms with Crippen LogP contribution in [0.15, 0.2) is 21.5 Å². The van der Waals surface area contributed by atoms with Crippen molar-refractivity contribution in [1.29, 1.82) is 0 Å². The van der Waals surface area contributed by atoms with Crippen LogP contribution in [0.4, 0.5) is 4.39 Å². The highest BCUT2D eigenvalue weighted by molar-refractivity contribution is 9.10. The summed E-state index contributed by atoms with van der Waals surface area (Å²) < 4.78 is 40.6. The maximum Gasteiger partial charge on any atom is 0.246 e. The Bertz CT molecular complexity index is 565. The van der Waals surface area contributed by atoms with Crippen molar-refractivity contribution in [2.75, 3.05) is 7.05 Å². The van der Waals surface area contributed by atoms with Crippen LogP contribution in [0.2, 0.25) is 0 Å². The molecule has 1 unspecified atom stereocenters. The first kappa shape index (κ1) is 16.9. The minimum atomic E-state index is -3.87. The van der Waals surface area contributed by atoms with E-state index >= 15 is 0 Å². The van der Waals surface area contributed by atoms with Crippen molar-refractivity contribution in [2.45, 2.75) is 37.1 Å². The molecule has 1 aromatic rings. The Hall–Kier alpha value is -0.170. The van der Waals surface area contributed by atoms with Crippen LogP contribution in [0.3, 0.4) is 0 Å². The molecule has 3 nitrogen and oxygen atoms in total. The van der Waals surface area contributed by atoms with E-state index in [0.29, 0.717) is 10.9 Å². The van der Waals surface area contributed by atoms with Crippen LogP contribution in [0.5, 0.6) is 0 Å². The van der Waals surface area contributed by atoms with E-state index in [2.05, 4.69) is 15.9 Å². The Morgan fingerprint density at radius 3 is 2.53 bits per heavy atom. The minimum absolute atomic E-state index is 0.0825. The van der Waals surface area contributed by atoms with Crippen molar-refractivity contribution in [3.63, 3.8) is 0 Å². The van der Waals surface area contributed by atoms with E-state index in [4.69, 9.17) is 11.6 Å². The SMILES string of the molecule is CCC(C)N(C)S(=O)(=O)c1cc(Br)cc(CCl)c1F. The second kappa shape index (κ2) is 6.52. The average Bonchev–Trinajstić information content (AvgIpc) is 2.38. The van der Waals surface area contributed by atoms with Crippen molar-refractivity contribution in [3.05, 3.63) is 28.0 Å². The van der Waals surface area contributed by atoms with Crippen LogP contribution >= 0.6 is 27.5 Å². The van der Waals surface area contributed by atoms with E-state index in [1.807, 2.05) is 6.92 Å². The van der Waals surface area contributed by atoms with Gasteiger partial charge in [0.1, 0.15) is 10.7 Å². The quantitative estimate of drug-likeness (QED) is 0.738. The van der Waals surface area contributed by atoms with Crippen molar-refractivity contribution < 1.29 is 12.8 Å². The molecule has 0 saturated heterocycles. The van der Waals surface area contributed by atoms with E-state index in [-0.39, 0.29) is 22.4 Å². The third-order valence-electron chi connectivity index (χ3n) is 3.09. The molecule has 0 aliphatic heterocycles. The molecule has 0 heterocycles. The summed E-state index contributed by atoms with van der Waals surface area (Å²) in [4.78, 5) is -0.347. The number of benzene rings is 1. The molecule has 0 aliphatic carbocycles. The summed E-state index contributed by atoms with van der Waals surface area (Å²) in [7, 11) is -2.42. The Morgan fingerprint density at radius 1 is 1.47 bits per heavy atom. The minimum Gasteiger partial charge on any atom is -0.207 e. The summed E-state index contributed by atoms with van der Waals surface area (Å²) in [5, 5.41) is 0. The molecule has 1 atom stereocenters. The second-order valence-electron chi connectivity index (χ2n) is 4.29. The van der Waals surface area contributed by atoms with Crippen LogP contribution in [-0.2, 0) is 15.9 Å². The Morgan fingerprint density at radius 2 is 2.05 bits per heavy atom. The molecule has 0 saturated carbocycles. The molecule has 0 radical (unpaired) electrons. The largest absolute Gasteiger partial charge is 0.246 e. The normalized spacial score (nSPS) is 13.8. The van der Waals surface area contributed by atoms with Crippen LogP contribution in [0, 0.1) is 5.82 Å². The van der Waals surface area contributed by atoms with Gasteiger partial charge < -0.3 is 0 Å². The van der Waals surface area contributed by atoms with Gasteiger partial charge in [-0.15, -0.1) is 11.6 Å². The number of halogens is 3. The molecule has 1 rings (SSSR count). The van der Waals surface area contributed by atoms with Gasteiger partial charge in [0.05, 0.1) is 5.88 Å². The van der Waals surface area contributed by atoms with Crippen molar-refractivity contribution >= 4 is 37.6 Å². The zero-order chi connectivity index (χ0) is 14.8. The highest BCUT2D eigenvalue weighted by Gasteiger charge is 2.29. The molecule has 0 N–H and O–H groups in total. The molecule has 7 heteroatoms. The Balaban J connectivity index is 3.41. The summed E-state index contributed by atoms with van der Waals surface area (Å²) in [5.41, 5.74) is 0.159. The zero-order valence-corrected chi connectivity index (χ0v) is 14.1. The molecule has 0 aromatic heterocycles. The number of nitrogens with zero attached hydrogens (tertiary/aromatic N) is 1. The summed E-state index contributed by atoms with van der Waals surface area (Å²) in [6.45, 7) is 3.65. The van der Waals surface area contributed by atoms with Gasteiger partial charge in [-0.25, -0.2) is 12.8 Å². The summed E-state index contributed by atoms with van der Waals surface area (Å²) in [6, 6.07) is 2.53. The van der Waals surface area contributed by atoms with Crippen LogP contribution in [-0.4, -0.2) is 25.8 Å². The highest BCUT2D eigenvalue weighted by Crippen LogP contribution is 2.28. The number of rotatable bonds is 5. The second-order valence-corrected chi connectivity index (χ2v) is 7.44. The fourth-order valence-electron chi connectivity index (χ4n) is 1.55. The smallest absolute Gasteiger partial charge is 0.207 e. The van der Waals surface area contributed by atoms with Gasteiger partial charge in [0.2, 0.25) is 10.0 Å². The number of hydrogen-bond donors (Lipinski definition) is 0.